The van der Waals surface area contributed by atoms with E-state index < -0.39 is 11.6 Å². The first-order valence-electron chi connectivity index (χ1n) is 6.48. The fraction of sp³-hybridized carbons (Fsp3) is 0.0625. The van der Waals surface area contributed by atoms with Gasteiger partial charge >= 0.3 is 0 Å². The summed E-state index contributed by atoms with van der Waals surface area (Å²) in [7, 11) is 0. The normalized spacial score (nSPS) is 10.7. The number of thiazole rings is 1. The van der Waals surface area contributed by atoms with Crippen molar-refractivity contribution < 1.29 is 8.78 Å². The number of hydrogen-bond acceptors (Lipinski definition) is 3. The molecule has 0 aliphatic heterocycles. The number of hydrogen-bond donors (Lipinski definition) is 1. The number of halogens is 3. The second-order valence-electron chi connectivity index (χ2n) is 4.68. The van der Waals surface area contributed by atoms with Gasteiger partial charge in [-0.1, -0.05) is 11.6 Å². The SMILES string of the molecule is Cc1sc(Nc2ccc(Cl)cc2)nc1-c1ccc(F)c(F)c1. The van der Waals surface area contributed by atoms with Crippen LogP contribution in [0.4, 0.5) is 19.6 Å². The highest BCUT2D eigenvalue weighted by Gasteiger charge is 2.12. The van der Waals surface area contributed by atoms with Gasteiger partial charge in [-0.3, -0.25) is 0 Å². The van der Waals surface area contributed by atoms with Gasteiger partial charge in [-0.2, -0.15) is 0 Å². The van der Waals surface area contributed by atoms with Crippen molar-refractivity contribution in [2.45, 2.75) is 6.92 Å². The summed E-state index contributed by atoms with van der Waals surface area (Å²) >= 11 is 7.29. The first-order chi connectivity index (χ1) is 10.5. The third kappa shape index (κ3) is 3.10. The van der Waals surface area contributed by atoms with Gasteiger partial charge in [-0.15, -0.1) is 11.3 Å². The van der Waals surface area contributed by atoms with E-state index in [9.17, 15) is 8.78 Å². The van der Waals surface area contributed by atoms with Crippen molar-refractivity contribution in [3.05, 3.63) is 64.0 Å². The zero-order chi connectivity index (χ0) is 15.7. The van der Waals surface area contributed by atoms with E-state index in [4.69, 9.17) is 11.6 Å². The number of rotatable bonds is 3. The Morgan fingerprint density at radius 3 is 2.45 bits per heavy atom. The molecule has 0 fully saturated rings. The van der Waals surface area contributed by atoms with Gasteiger partial charge in [-0.25, -0.2) is 13.8 Å². The maximum Gasteiger partial charge on any atom is 0.187 e. The number of anilines is 2. The first-order valence-corrected chi connectivity index (χ1v) is 7.68. The maximum atomic E-state index is 13.4. The van der Waals surface area contributed by atoms with Gasteiger partial charge in [0.25, 0.3) is 0 Å². The van der Waals surface area contributed by atoms with Crippen LogP contribution in [0.2, 0.25) is 5.02 Å². The van der Waals surface area contributed by atoms with Crippen LogP contribution >= 0.6 is 22.9 Å². The van der Waals surface area contributed by atoms with Crippen molar-refractivity contribution in [2.24, 2.45) is 0 Å². The topological polar surface area (TPSA) is 24.9 Å². The van der Waals surface area contributed by atoms with Gasteiger partial charge in [-0.05, 0) is 49.4 Å². The van der Waals surface area contributed by atoms with Crippen LogP contribution in [0, 0.1) is 18.6 Å². The summed E-state index contributed by atoms with van der Waals surface area (Å²) in [5.41, 5.74) is 2.05. The first kappa shape index (κ1) is 14.9. The standard InChI is InChI=1S/C16H11ClF2N2S/c1-9-15(10-2-7-13(18)14(19)8-10)21-16(22-9)20-12-5-3-11(17)4-6-12/h2-8H,1H3,(H,20,21). The molecule has 0 unspecified atom stereocenters. The Morgan fingerprint density at radius 1 is 1.05 bits per heavy atom. The lowest BCUT2D eigenvalue weighted by Gasteiger charge is -2.02. The van der Waals surface area contributed by atoms with Crippen LogP contribution in [0.5, 0.6) is 0 Å². The minimum Gasteiger partial charge on any atom is -0.332 e. The summed E-state index contributed by atoms with van der Waals surface area (Å²) < 4.78 is 26.4. The summed E-state index contributed by atoms with van der Waals surface area (Å²) in [5.74, 6) is -1.74. The van der Waals surface area contributed by atoms with E-state index in [-0.39, 0.29) is 0 Å². The smallest absolute Gasteiger partial charge is 0.187 e. The van der Waals surface area contributed by atoms with Crippen molar-refractivity contribution in [3.8, 4) is 11.3 Å². The fourth-order valence-electron chi connectivity index (χ4n) is 2.02. The van der Waals surface area contributed by atoms with Gasteiger partial charge in [0.15, 0.2) is 16.8 Å². The van der Waals surface area contributed by atoms with Crippen LogP contribution in [0.15, 0.2) is 42.5 Å². The highest BCUT2D eigenvalue weighted by molar-refractivity contribution is 7.16. The molecule has 3 aromatic rings. The van der Waals surface area contributed by atoms with Crippen LogP contribution in [0.3, 0.4) is 0 Å². The van der Waals surface area contributed by atoms with Crippen molar-refractivity contribution in [2.75, 3.05) is 5.32 Å². The average Bonchev–Trinajstić information content (AvgIpc) is 2.85. The molecule has 0 radical (unpaired) electrons. The predicted octanol–water partition coefficient (Wildman–Crippen LogP) is 5.79. The summed E-state index contributed by atoms with van der Waals surface area (Å²) in [4.78, 5) is 5.37. The lowest BCUT2D eigenvalue weighted by Crippen LogP contribution is -1.90. The fourth-order valence-corrected chi connectivity index (χ4v) is 3.00. The molecule has 1 heterocycles. The average molecular weight is 337 g/mol. The zero-order valence-corrected chi connectivity index (χ0v) is 13.1. The van der Waals surface area contributed by atoms with Crippen LogP contribution in [-0.4, -0.2) is 4.98 Å². The number of aryl methyl sites for hydroxylation is 1. The molecule has 3 rings (SSSR count). The van der Waals surface area contributed by atoms with Gasteiger partial charge in [0.2, 0.25) is 0 Å². The Balaban J connectivity index is 1.90. The molecule has 112 valence electrons. The van der Waals surface area contributed by atoms with E-state index in [1.807, 2.05) is 19.1 Å². The van der Waals surface area contributed by atoms with Crippen LogP contribution in [0.1, 0.15) is 4.88 Å². The lowest BCUT2D eigenvalue weighted by molar-refractivity contribution is 0.509. The van der Waals surface area contributed by atoms with Crippen molar-refractivity contribution in [1.29, 1.82) is 0 Å². The quantitative estimate of drug-likeness (QED) is 0.654. The molecule has 0 saturated carbocycles. The molecule has 6 heteroatoms. The molecule has 2 aromatic carbocycles. The second kappa shape index (κ2) is 6.02. The molecule has 0 aliphatic carbocycles. The summed E-state index contributed by atoms with van der Waals surface area (Å²) in [6.07, 6.45) is 0. The number of aromatic nitrogens is 1. The van der Waals surface area contributed by atoms with Gasteiger partial charge < -0.3 is 5.32 Å². The summed E-state index contributed by atoms with van der Waals surface area (Å²) in [5, 5.41) is 4.51. The van der Waals surface area contributed by atoms with Crippen LogP contribution < -0.4 is 5.32 Å². The van der Waals surface area contributed by atoms with E-state index in [0.29, 0.717) is 21.4 Å². The minimum atomic E-state index is -0.878. The largest absolute Gasteiger partial charge is 0.332 e. The van der Waals surface area contributed by atoms with Gasteiger partial charge in [0, 0.05) is 21.2 Å². The second-order valence-corrected chi connectivity index (χ2v) is 6.32. The Hall–Kier alpha value is -1.98. The van der Waals surface area contributed by atoms with E-state index in [1.54, 1.807) is 12.1 Å². The maximum absolute atomic E-state index is 13.4. The Labute approximate surface area is 135 Å². The Bertz CT molecular complexity index is 816. The molecule has 2 nitrogen and oxygen atoms in total. The Morgan fingerprint density at radius 2 is 1.77 bits per heavy atom. The summed E-state index contributed by atoms with van der Waals surface area (Å²) in [6, 6.07) is 11.0. The van der Waals surface area contributed by atoms with Crippen molar-refractivity contribution in [1.82, 2.24) is 4.98 Å². The van der Waals surface area contributed by atoms with Crippen molar-refractivity contribution in [3.63, 3.8) is 0 Å². The molecule has 0 amide bonds. The minimum absolute atomic E-state index is 0.553. The number of nitrogens with zero attached hydrogens (tertiary/aromatic N) is 1. The number of nitrogens with one attached hydrogen (secondary N) is 1. The molecule has 22 heavy (non-hydrogen) atoms. The third-order valence-electron chi connectivity index (χ3n) is 3.09. The predicted molar refractivity (Wildman–Crippen MR) is 86.9 cm³/mol. The van der Waals surface area contributed by atoms with Crippen LogP contribution in [0.25, 0.3) is 11.3 Å². The molecule has 0 saturated heterocycles. The van der Waals surface area contributed by atoms with E-state index in [1.165, 1.54) is 17.4 Å². The molecule has 1 N–H and O–H groups in total. The third-order valence-corrected chi connectivity index (χ3v) is 4.22. The Kier molecular flexibility index (Phi) is 4.09. The molecular formula is C16H11ClF2N2S. The van der Waals surface area contributed by atoms with E-state index in [0.717, 1.165) is 22.7 Å². The molecule has 0 aliphatic rings. The molecule has 0 bridgehead atoms. The van der Waals surface area contributed by atoms with Crippen LogP contribution in [-0.2, 0) is 0 Å². The molecule has 0 spiro atoms. The van der Waals surface area contributed by atoms with Crippen molar-refractivity contribution >= 4 is 33.8 Å². The molecule has 0 atom stereocenters. The highest BCUT2D eigenvalue weighted by Crippen LogP contribution is 2.32. The van der Waals surface area contributed by atoms with Gasteiger partial charge in [0.1, 0.15) is 0 Å². The molecular weight excluding hydrogens is 326 g/mol. The molecule has 1 aromatic heterocycles. The monoisotopic (exact) mass is 336 g/mol. The van der Waals surface area contributed by atoms with E-state index in [2.05, 4.69) is 10.3 Å². The lowest BCUT2D eigenvalue weighted by atomic mass is 10.1. The van der Waals surface area contributed by atoms with E-state index >= 15 is 0 Å². The number of benzene rings is 2. The highest BCUT2D eigenvalue weighted by atomic mass is 35.5. The van der Waals surface area contributed by atoms with Gasteiger partial charge in [0.05, 0.1) is 5.69 Å². The summed E-state index contributed by atoms with van der Waals surface area (Å²) in [6.45, 7) is 1.89. The zero-order valence-electron chi connectivity index (χ0n) is 11.5.